The second kappa shape index (κ2) is 7.55. The number of carbonyl (C=O) groups is 3. The molecule has 0 aliphatic carbocycles. The van der Waals surface area contributed by atoms with Gasteiger partial charge in [-0.15, -0.1) is 0 Å². The normalized spacial score (nSPS) is 10.3. The van der Waals surface area contributed by atoms with Crippen LogP contribution in [0, 0.1) is 5.92 Å². The van der Waals surface area contributed by atoms with Crippen LogP contribution >= 0.6 is 0 Å². The van der Waals surface area contributed by atoms with Crippen LogP contribution in [0.4, 0.5) is 11.4 Å². The molecule has 2 N–H and O–H groups in total. The van der Waals surface area contributed by atoms with Crippen molar-refractivity contribution >= 4 is 29.0 Å². The molecule has 0 atom stereocenters. The van der Waals surface area contributed by atoms with E-state index in [0.29, 0.717) is 22.5 Å². The zero-order valence-corrected chi connectivity index (χ0v) is 13.9. The largest absolute Gasteiger partial charge is 0.326 e. The first-order valence-electron chi connectivity index (χ1n) is 7.70. The molecule has 5 heteroatoms. The lowest BCUT2D eigenvalue weighted by Crippen LogP contribution is -2.18. The topological polar surface area (TPSA) is 75.3 Å². The number of Topliss-reactive ketones (excluding diaryl/α,β-unsaturated/α-hetero) is 1. The quantitative estimate of drug-likeness (QED) is 0.823. The van der Waals surface area contributed by atoms with Crippen LogP contribution in [0.25, 0.3) is 0 Å². The highest BCUT2D eigenvalue weighted by Gasteiger charge is 2.10. The van der Waals surface area contributed by atoms with Gasteiger partial charge in [-0.25, -0.2) is 0 Å². The van der Waals surface area contributed by atoms with Crippen molar-refractivity contribution in [1.82, 2.24) is 0 Å². The van der Waals surface area contributed by atoms with Gasteiger partial charge in [-0.05, 0) is 43.3 Å². The van der Waals surface area contributed by atoms with Crippen LogP contribution in [-0.4, -0.2) is 17.6 Å². The van der Waals surface area contributed by atoms with Gasteiger partial charge in [-0.3, -0.25) is 14.4 Å². The fraction of sp³-hybridized carbons (Fsp3) is 0.211. The molecule has 0 bridgehead atoms. The smallest absolute Gasteiger partial charge is 0.255 e. The van der Waals surface area contributed by atoms with Crippen molar-refractivity contribution in [2.45, 2.75) is 20.8 Å². The molecule has 2 rings (SSSR count). The van der Waals surface area contributed by atoms with Crippen molar-refractivity contribution in [3.63, 3.8) is 0 Å². The molecule has 2 aromatic carbocycles. The maximum Gasteiger partial charge on any atom is 0.255 e. The number of amides is 2. The average Bonchev–Trinajstić information content (AvgIpc) is 2.55. The molecule has 0 unspecified atom stereocenters. The van der Waals surface area contributed by atoms with E-state index in [1.807, 2.05) is 13.8 Å². The van der Waals surface area contributed by atoms with Gasteiger partial charge in [0.05, 0.1) is 0 Å². The van der Waals surface area contributed by atoms with E-state index in [0.717, 1.165) is 0 Å². The Hall–Kier alpha value is -2.95. The Morgan fingerprint density at radius 2 is 1.50 bits per heavy atom. The number of benzene rings is 2. The maximum atomic E-state index is 12.3. The van der Waals surface area contributed by atoms with E-state index in [4.69, 9.17) is 0 Å². The van der Waals surface area contributed by atoms with E-state index in [2.05, 4.69) is 10.6 Å². The average molecular weight is 324 g/mol. The second-order valence-electron chi connectivity index (χ2n) is 5.81. The molecule has 2 aromatic rings. The summed E-state index contributed by atoms with van der Waals surface area (Å²) in [5.41, 5.74) is 2.21. The fourth-order valence-corrected chi connectivity index (χ4v) is 2.01. The number of nitrogens with one attached hydrogen (secondary N) is 2. The van der Waals surface area contributed by atoms with Crippen LogP contribution in [0.2, 0.25) is 0 Å². The Morgan fingerprint density at radius 1 is 0.833 bits per heavy atom. The predicted molar refractivity (Wildman–Crippen MR) is 94.3 cm³/mol. The number of carbonyl (C=O) groups excluding carboxylic acids is 3. The minimum atomic E-state index is -0.280. The Morgan fingerprint density at radius 3 is 2.08 bits per heavy atom. The van der Waals surface area contributed by atoms with Crippen LogP contribution in [0.15, 0.2) is 48.5 Å². The standard InChI is InChI=1S/C19H20N2O3/c1-12(2)18(23)20-16-9-7-14(8-10-16)19(24)21-17-6-4-5-15(11-17)13(3)22/h4-12H,1-3H3,(H,20,23)(H,21,24). The summed E-state index contributed by atoms with van der Waals surface area (Å²) in [6, 6.07) is 13.4. The maximum absolute atomic E-state index is 12.3. The Labute approximate surface area is 141 Å². The SMILES string of the molecule is CC(=O)c1cccc(NC(=O)c2ccc(NC(=O)C(C)C)cc2)c1. The van der Waals surface area contributed by atoms with Crippen LogP contribution in [0.3, 0.4) is 0 Å². The first-order valence-corrected chi connectivity index (χ1v) is 7.70. The number of ketones is 1. The summed E-state index contributed by atoms with van der Waals surface area (Å²) in [6.07, 6.45) is 0. The van der Waals surface area contributed by atoms with Crippen LogP contribution in [-0.2, 0) is 4.79 Å². The molecule has 0 radical (unpaired) electrons. The summed E-state index contributed by atoms with van der Waals surface area (Å²) in [4.78, 5) is 35.3. The lowest BCUT2D eigenvalue weighted by molar-refractivity contribution is -0.118. The molecule has 0 aliphatic heterocycles. The molecule has 0 saturated carbocycles. The first kappa shape index (κ1) is 17.4. The summed E-state index contributed by atoms with van der Waals surface area (Å²) in [6.45, 7) is 5.10. The second-order valence-corrected chi connectivity index (χ2v) is 5.81. The van der Waals surface area contributed by atoms with Gasteiger partial charge in [0.1, 0.15) is 0 Å². The van der Waals surface area contributed by atoms with E-state index >= 15 is 0 Å². The van der Waals surface area contributed by atoms with Crippen molar-refractivity contribution in [1.29, 1.82) is 0 Å². The molecule has 0 aliphatic rings. The molecule has 2 amide bonds. The summed E-state index contributed by atoms with van der Waals surface area (Å²) < 4.78 is 0. The van der Waals surface area contributed by atoms with Gasteiger partial charge >= 0.3 is 0 Å². The minimum Gasteiger partial charge on any atom is -0.326 e. The van der Waals surface area contributed by atoms with E-state index < -0.39 is 0 Å². The Bertz CT molecular complexity index is 764. The zero-order chi connectivity index (χ0) is 17.7. The van der Waals surface area contributed by atoms with Crippen molar-refractivity contribution in [3.05, 3.63) is 59.7 Å². The van der Waals surface area contributed by atoms with Gasteiger partial charge in [0.15, 0.2) is 5.78 Å². The van der Waals surface area contributed by atoms with Crippen LogP contribution < -0.4 is 10.6 Å². The van der Waals surface area contributed by atoms with Gasteiger partial charge in [0.2, 0.25) is 5.91 Å². The molecule has 124 valence electrons. The fourth-order valence-electron chi connectivity index (χ4n) is 2.01. The number of hydrogen-bond acceptors (Lipinski definition) is 3. The van der Waals surface area contributed by atoms with E-state index in [1.165, 1.54) is 6.92 Å². The van der Waals surface area contributed by atoms with Crippen molar-refractivity contribution in [2.75, 3.05) is 10.6 Å². The van der Waals surface area contributed by atoms with Gasteiger partial charge < -0.3 is 10.6 Å². The lowest BCUT2D eigenvalue weighted by Gasteiger charge is -2.09. The number of rotatable bonds is 5. The van der Waals surface area contributed by atoms with Crippen molar-refractivity contribution < 1.29 is 14.4 Å². The summed E-state index contributed by atoms with van der Waals surface area (Å²) in [7, 11) is 0. The molecular formula is C19H20N2O3. The molecule has 0 aromatic heterocycles. The van der Waals surface area contributed by atoms with E-state index in [9.17, 15) is 14.4 Å². The first-order chi connectivity index (χ1) is 11.4. The van der Waals surface area contributed by atoms with E-state index in [1.54, 1.807) is 48.5 Å². The molecule has 0 spiro atoms. The number of anilines is 2. The lowest BCUT2D eigenvalue weighted by atomic mass is 10.1. The molecule has 5 nitrogen and oxygen atoms in total. The molecule has 0 fully saturated rings. The van der Waals surface area contributed by atoms with E-state index in [-0.39, 0.29) is 23.5 Å². The number of hydrogen-bond donors (Lipinski definition) is 2. The third kappa shape index (κ3) is 4.52. The van der Waals surface area contributed by atoms with Crippen LogP contribution in [0.5, 0.6) is 0 Å². The van der Waals surface area contributed by atoms with Gasteiger partial charge in [-0.2, -0.15) is 0 Å². The molecule has 0 saturated heterocycles. The van der Waals surface area contributed by atoms with Gasteiger partial charge in [0.25, 0.3) is 5.91 Å². The third-order valence-electron chi connectivity index (χ3n) is 3.47. The van der Waals surface area contributed by atoms with Crippen molar-refractivity contribution in [2.24, 2.45) is 5.92 Å². The Balaban J connectivity index is 2.06. The monoisotopic (exact) mass is 324 g/mol. The Kier molecular flexibility index (Phi) is 5.47. The van der Waals surface area contributed by atoms with Gasteiger partial charge in [0, 0.05) is 28.4 Å². The summed E-state index contributed by atoms with van der Waals surface area (Å²) >= 11 is 0. The highest BCUT2D eigenvalue weighted by Crippen LogP contribution is 2.15. The van der Waals surface area contributed by atoms with Gasteiger partial charge in [-0.1, -0.05) is 26.0 Å². The third-order valence-corrected chi connectivity index (χ3v) is 3.47. The molecule has 0 heterocycles. The summed E-state index contributed by atoms with van der Waals surface area (Å²) in [5.74, 6) is -0.524. The minimum absolute atomic E-state index is 0.0589. The van der Waals surface area contributed by atoms with Crippen LogP contribution in [0.1, 0.15) is 41.5 Å². The highest BCUT2D eigenvalue weighted by atomic mass is 16.2. The zero-order valence-electron chi connectivity index (χ0n) is 13.9. The molecule has 24 heavy (non-hydrogen) atoms. The predicted octanol–water partition coefficient (Wildman–Crippen LogP) is 3.74. The molecular weight excluding hydrogens is 304 g/mol. The van der Waals surface area contributed by atoms with Crippen molar-refractivity contribution in [3.8, 4) is 0 Å². The highest BCUT2D eigenvalue weighted by molar-refractivity contribution is 6.05. The summed E-state index contributed by atoms with van der Waals surface area (Å²) in [5, 5.41) is 5.52.